The van der Waals surface area contributed by atoms with Crippen molar-refractivity contribution in [3.63, 3.8) is 0 Å². The Labute approximate surface area is 213 Å². The first-order chi connectivity index (χ1) is 16.9. The lowest BCUT2D eigenvalue weighted by molar-refractivity contribution is -0.130. The van der Waals surface area contributed by atoms with E-state index in [1.165, 1.54) is 32.1 Å². The van der Waals surface area contributed by atoms with E-state index in [2.05, 4.69) is 24.9 Å². The van der Waals surface area contributed by atoms with Crippen molar-refractivity contribution in [1.29, 1.82) is 0 Å². The van der Waals surface area contributed by atoms with Crippen molar-refractivity contribution >= 4 is 29.4 Å². The van der Waals surface area contributed by atoms with Crippen LogP contribution in [-0.2, 0) is 17.0 Å². The molecule has 1 saturated heterocycles. The average molecular weight is 496 g/mol. The molecule has 1 aliphatic heterocycles. The van der Waals surface area contributed by atoms with Crippen LogP contribution in [0.4, 0.5) is 5.82 Å². The molecule has 8 heteroatoms. The summed E-state index contributed by atoms with van der Waals surface area (Å²) in [6.45, 7) is 6.08. The molecule has 2 fully saturated rings. The summed E-state index contributed by atoms with van der Waals surface area (Å²) in [7, 11) is 2.17. The first-order valence-electron chi connectivity index (χ1n) is 12.8. The molecule has 1 saturated carbocycles. The minimum absolute atomic E-state index is 0.0294. The lowest BCUT2D eigenvalue weighted by atomic mass is 9.94. The average Bonchev–Trinajstić information content (AvgIpc) is 2.91. The maximum Gasteiger partial charge on any atom is 0.253 e. The largest absolute Gasteiger partial charge is 0.357 e. The maximum absolute atomic E-state index is 12.9. The summed E-state index contributed by atoms with van der Waals surface area (Å²) in [5.74, 6) is 1.88. The van der Waals surface area contributed by atoms with Gasteiger partial charge in [-0.1, -0.05) is 50.1 Å². The number of carbonyl (C=O) groups excluding carboxylic acids is 2. The van der Waals surface area contributed by atoms with Gasteiger partial charge in [-0.2, -0.15) is 0 Å². The normalized spacial score (nSPS) is 16.9. The predicted octanol–water partition coefficient (Wildman–Crippen LogP) is 4.40. The van der Waals surface area contributed by atoms with E-state index < -0.39 is 0 Å². The molecule has 0 radical (unpaired) electrons. The number of amides is 2. The predicted molar refractivity (Wildman–Crippen MR) is 141 cm³/mol. The molecule has 0 unspecified atom stereocenters. The summed E-state index contributed by atoms with van der Waals surface area (Å²) in [5.41, 5.74) is 2.90. The Morgan fingerprint density at radius 1 is 1.00 bits per heavy atom. The lowest BCUT2D eigenvalue weighted by Crippen LogP contribution is -2.50. The van der Waals surface area contributed by atoms with Crippen molar-refractivity contribution in [2.45, 2.75) is 69.3 Å². The van der Waals surface area contributed by atoms with E-state index in [0.29, 0.717) is 37.8 Å². The highest BCUT2D eigenvalue weighted by molar-refractivity contribution is 7.98. The summed E-state index contributed by atoms with van der Waals surface area (Å²) in [5, 5.41) is 0.811. The Bertz CT molecular complexity index is 1010. The molecule has 7 nitrogen and oxygen atoms in total. The second-order valence-corrected chi connectivity index (χ2v) is 10.5. The fraction of sp³-hybridized carbons (Fsp3) is 0.556. The van der Waals surface area contributed by atoms with Gasteiger partial charge in [0.2, 0.25) is 5.91 Å². The Kier molecular flexibility index (Phi) is 8.65. The SMILES string of the molecule is CCc1cc(N(C)C2CCCCC2)nc(SCc2ccc(C(=O)N3CCN(C(C)=O)CC3)cc2)n1. The minimum Gasteiger partial charge on any atom is -0.357 e. The van der Waals surface area contributed by atoms with Gasteiger partial charge in [-0.3, -0.25) is 9.59 Å². The van der Waals surface area contributed by atoms with E-state index in [9.17, 15) is 9.59 Å². The third kappa shape index (κ3) is 6.54. The van der Waals surface area contributed by atoms with Crippen molar-refractivity contribution in [3.05, 3.63) is 47.2 Å². The Balaban J connectivity index is 1.36. The number of piperazine rings is 1. The molecule has 35 heavy (non-hydrogen) atoms. The Morgan fingerprint density at radius 2 is 1.66 bits per heavy atom. The zero-order valence-corrected chi connectivity index (χ0v) is 22.0. The van der Waals surface area contributed by atoms with Crippen molar-refractivity contribution in [3.8, 4) is 0 Å². The van der Waals surface area contributed by atoms with Crippen molar-refractivity contribution in [1.82, 2.24) is 19.8 Å². The van der Waals surface area contributed by atoms with Gasteiger partial charge in [-0.15, -0.1) is 0 Å². The summed E-state index contributed by atoms with van der Waals surface area (Å²) in [6, 6.07) is 10.5. The van der Waals surface area contributed by atoms with Gasteiger partial charge in [0.25, 0.3) is 5.91 Å². The van der Waals surface area contributed by atoms with E-state index in [1.807, 2.05) is 29.2 Å². The highest BCUT2D eigenvalue weighted by atomic mass is 32.2. The number of hydrogen-bond donors (Lipinski definition) is 0. The van der Waals surface area contributed by atoms with Gasteiger partial charge in [0.15, 0.2) is 5.16 Å². The quantitative estimate of drug-likeness (QED) is 0.419. The topological polar surface area (TPSA) is 69.6 Å². The van der Waals surface area contributed by atoms with Crippen LogP contribution in [-0.4, -0.2) is 70.9 Å². The summed E-state index contributed by atoms with van der Waals surface area (Å²) >= 11 is 1.64. The number of hydrogen-bond acceptors (Lipinski definition) is 6. The summed E-state index contributed by atoms with van der Waals surface area (Å²) in [4.78, 5) is 40.0. The van der Waals surface area contributed by atoms with Crippen LogP contribution in [0.15, 0.2) is 35.5 Å². The zero-order valence-electron chi connectivity index (χ0n) is 21.2. The van der Waals surface area contributed by atoms with Gasteiger partial charge < -0.3 is 14.7 Å². The number of thioether (sulfide) groups is 1. The van der Waals surface area contributed by atoms with Crippen LogP contribution in [0.3, 0.4) is 0 Å². The second-order valence-electron chi connectivity index (χ2n) is 9.54. The van der Waals surface area contributed by atoms with Crippen LogP contribution in [0.1, 0.15) is 67.6 Å². The molecule has 0 spiro atoms. The molecule has 0 bridgehead atoms. The van der Waals surface area contributed by atoms with Gasteiger partial charge in [0, 0.05) is 69.3 Å². The molecule has 4 rings (SSSR count). The molecular formula is C27H37N5O2S. The highest BCUT2D eigenvalue weighted by Gasteiger charge is 2.23. The highest BCUT2D eigenvalue weighted by Crippen LogP contribution is 2.28. The third-order valence-electron chi connectivity index (χ3n) is 7.17. The second kappa shape index (κ2) is 11.9. The first kappa shape index (κ1) is 25.5. The number of nitrogens with zero attached hydrogens (tertiary/aromatic N) is 5. The van der Waals surface area contributed by atoms with E-state index in [0.717, 1.165) is 34.4 Å². The monoisotopic (exact) mass is 495 g/mol. The number of anilines is 1. The lowest BCUT2D eigenvalue weighted by Gasteiger charge is -2.34. The van der Waals surface area contributed by atoms with Crippen molar-refractivity contribution < 1.29 is 9.59 Å². The number of aryl methyl sites for hydroxylation is 1. The number of carbonyl (C=O) groups is 2. The molecule has 1 aliphatic carbocycles. The van der Waals surface area contributed by atoms with Crippen LogP contribution >= 0.6 is 11.8 Å². The van der Waals surface area contributed by atoms with Gasteiger partial charge in [0.1, 0.15) is 5.82 Å². The smallest absolute Gasteiger partial charge is 0.253 e. The molecule has 1 aromatic carbocycles. The van der Waals surface area contributed by atoms with Gasteiger partial charge in [0.05, 0.1) is 0 Å². The Morgan fingerprint density at radius 3 is 2.29 bits per heavy atom. The number of rotatable bonds is 7. The van der Waals surface area contributed by atoms with Crippen molar-refractivity contribution in [2.75, 3.05) is 38.1 Å². The van der Waals surface area contributed by atoms with E-state index in [4.69, 9.17) is 9.97 Å². The minimum atomic E-state index is 0.0294. The van der Waals surface area contributed by atoms with Crippen molar-refractivity contribution in [2.24, 2.45) is 0 Å². The molecule has 0 N–H and O–H groups in total. The van der Waals surface area contributed by atoms with Crippen LogP contribution in [0.2, 0.25) is 0 Å². The third-order valence-corrected chi connectivity index (χ3v) is 8.09. The molecule has 2 aromatic rings. The molecule has 188 valence electrons. The standard InChI is InChI=1S/C27H37N5O2S/c1-4-23-18-25(30(3)24-8-6-5-7-9-24)29-27(28-23)35-19-21-10-12-22(13-11-21)26(34)32-16-14-31(15-17-32)20(2)33/h10-13,18,24H,4-9,14-17,19H2,1-3H3. The maximum atomic E-state index is 12.9. The van der Waals surface area contributed by atoms with Gasteiger partial charge in [-0.25, -0.2) is 9.97 Å². The fourth-order valence-electron chi connectivity index (χ4n) is 4.84. The van der Waals surface area contributed by atoms with Crippen LogP contribution in [0, 0.1) is 0 Å². The molecule has 2 aliphatic rings. The fourth-order valence-corrected chi connectivity index (χ4v) is 5.67. The van der Waals surface area contributed by atoms with Crippen LogP contribution in [0.25, 0.3) is 0 Å². The van der Waals surface area contributed by atoms with E-state index in [1.54, 1.807) is 23.6 Å². The number of aromatic nitrogens is 2. The number of benzene rings is 1. The van der Waals surface area contributed by atoms with Crippen LogP contribution < -0.4 is 4.90 Å². The molecule has 0 atom stereocenters. The van der Waals surface area contributed by atoms with E-state index in [-0.39, 0.29) is 11.8 Å². The molecule has 2 heterocycles. The zero-order chi connectivity index (χ0) is 24.8. The Hall–Kier alpha value is -2.61. The molecule has 2 amide bonds. The van der Waals surface area contributed by atoms with Gasteiger partial charge in [-0.05, 0) is 37.0 Å². The molecular weight excluding hydrogens is 458 g/mol. The summed E-state index contributed by atoms with van der Waals surface area (Å²) < 4.78 is 0. The summed E-state index contributed by atoms with van der Waals surface area (Å²) in [6.07, 6.45) is 7.31. The molecule has 1 aromatic heterocycles. The van der Waals surface area contributed by atoms with E-state index >= 15 is 0 Å². The first-order valence-corrected chi connectivity index (χ1v) is 13.8. The van der Waals surface area contributed by atoms with Gasteiger partial charge >= 0.3 is 0 Å². The van der Waals surface area contributed by atoms with Crippen LogP contribution in [0.5, 0.6) is 0 Å².